The van der Waals surface area contributed by atoms with Crippen LogP contribution in [0.25, 0.3) is 0 Å². The Kier molecular flexibility index (Phi) is 19.5. The highest BCUT2D eigenvalue weighted by atomic mass is 35.5. The van der Waals surface area contributed by atoms with Crippen molar-refractivity contribution in [3.8, 4) is 0 Å². The van der Waals surface area contributed by atoms with Crippen molar-refractivity contribution < 1.29 is 81.1 Å². The molecule has 15 atom stereocenters. The maximum Gasteiger partial charge on any atom is 0.321 e. The van der Waals surface area contributed by atoms with Crippen molar-refractivity contribution in [1.82, 2.24) is 0 Å². The van der Waals surface area contributed by atoms with E-state index in [0.717, 1.165) is 33.1 Å². The molecule has 4 fully saturated rings. The van der Waals surface area contributed by atoms with Gasteiger partial charge in [0.15, 0.2) is 49.1 Å². The fourth-order valence-electron chi connectivity index (χ4n) is 8.01. The normalized spacial score (nSPS) is 36.6. The number of esters is 4. The third kappa shape index (κ3) is 14.2. The number of carbonyl (C=O) groups excluding carboxylic acids is 4. The van der Waals surface area contributed by atoms with Crippen LogP contribution in [-0.2, 0) is 76.0 Å². The maximum absolute atomic E-state index is 12.9. The van der Waals surface area contributed by atoms with Crippen LogP contribution in [-0.4, -0.2) is 139 Å². The van der Waals surface area contributed by atoms with Crippen LogP contribution in [0, 0.1) is 0 Å². The summed E-state index contributed by atoms with van der Waals surface area (Å²) in [5, 5.41) is 11.3. The number of hydrogen-bond donors (Lipinski definition) is 1. The number of carbonyl (C=O) groups is 4. The fraction of sp³-hybridized carbons (Fsp3) is 0.902. The van der Waals surface area contributed by atoms with E-state index in [2.05, 4.69) is 6.92 Å². The Hall–Kier alpha value is -2.19. The van der Waals surface area contributed by atoms with Crippen molar-refractivity contribution in [2.24, 2.45) is 0 Å². The lowest BCUT2D eigenvalue weighted by molar-refractivity contribution is -0.371. The third-order valence-electron chi connectivity index (χ3n) is 10.7. The molecule has 4 heterocycles. The van der Waals surface area contributed by atoms with Crippen molar-refractivity contribution in [1.29, 1.82) is 0 Å². The van der Waals surface area contributed by atoms with E-state index in [1.165, 1.54) is 58.8 Å². The van der Waals surface area contributed by atoms with Gasteiger partial charge in [0.1, 0.15) is 36.4 Å². The lowest BCUT2D eigenvalue weighted by Crippen LogP contribution is -2.67. The van der Waals surface area contributed by atoms with Gasteiger partial charge in [0.05, 0.1) is 18.3 Å². The topological polar surface area (TPSA) is 199 Å². The molecule has 18 heteroatoms. The smallest absolute Gasteiger partial charge is 0.321 e. The van der Waals surface area contributed by atoms with Crippen LogP contribution in [0.3, 0.4) is 0 Å². The van der Waals surface area contributed by atoms with E-state index in [1.807, 2.05) is 0 Å². The molecule has 4 saturated heterocycles. The number of aliphatic hydroxyl groups is 1. The molecule has 340 valence electrons. The van der Waals surface area contributed by atoms with E-state index in [1.54, 1.807) is 27.7 Å². The summed E-state index contributed by atoms with van der Waals surface area (Å²) in [5.41, 5.74) is 0. The highest BCUT2D eigenvalue weighted by molar-refractivity contribution is 6.26. The minimum Gasteiger partial charge on any atom is -0.457 e. The highest BCUT2D eigenvalue weighted by Gasteiger charge is 2.59. The zero-order valence-electron chi connectivity index (χ0n) is 36.0. The molecule has 0 spiro atoms. The molecule has 4 aliphatic rings. The van der Waals surface area contributed by atoms with Gasteiger partial charge in [0.2, 0.25) is 0 Å². The molecule has 0 unspecified atom stereocenters. The van der Waals surface area contributed by atoms with Gasteiger partial charge in [0.25, 0.3) is 0 Å². The molecule has 0 aromatic heterocycles. The number of ether oxygens (including phenoxy) is 12. The maximum atomic E-state index is 12.9. The van der Waals surface area contributed by atoms with Crippen LogP contribution in [0.2, 0.25) is 0 Å². The summed E-state index contributed by atoms with van der Waals surface area (Å²) in [4.78, 5) is 49.5. The fourth-order valence-corrected chi connectivity index (χ4v) is 8.08. The second-order valence-corrected chi connectivity index (χ2v) is 16.5. The first-order valence-corrected chi connectivity index (χ1v) is 21.7. The zero-order valence-corrected chi connectivity index (χ0v) is 36.8. The summed E-state index contributed by atoms with van der Waals surface area (Å²) < 4.78 is 72.8. The molecule has 59 heavy (non-hydrogen) atoms. The molecule has 17 nitrogen and oxygen atoms in total. The summed E-state index contributed by atoms with van der Waals surface area (Å²) in [6, 6.07) is 0. The van der Waals surface area contributed by atoms with Gasteiger partial charge in [-0.05, 0) is 41.0 Å². The summed E-state index contributed by atoms with van der Waals surface area (Å²) in [6.45, 7) is 14.6. The molecular formula is C41H67ClO17. The molecule has 0 aromatic rings. The van der Waals surface area contributed by atoms with Crippen LogP contribution in [0.5, 0.6) is 0 Å². The summed E-state index contributed by atoms with van der Waals surface area (Å²) in [5.74, 6) is -4.73. The van der Waals surface area contributed by atoms with E-state index in [0.29, 0.717) is 6.61 Å². The van der Waals surface area contributed by atoms with E-state index in [9.17, 15) is 24.3 Å². The van der Waals surface area contributed by atoms with Gasteiger partial charge in [0, 0.05) is 27.4 Å². The van der Waals surface area contributed by atoms with E-state index >= 15 is 0 Å². The Morgan fingerprint density at radius 2 is 1.03 bits per heavy atom. The molecular weight excluding hydrogens is 800 g/mol. The van der Waals surface area contributed by atoms with Crippen molar-refractivity contribution in [3.63, 3.8) is 0 Å². The number of rotatable bonds is 21. The first-order valence-electron chi connectivity index (χ1n) is 21.2. The van der Waals surface area contributed by atoms with Gasteiger partial charge < -0.3 is 61.9 Å². The van der Waals surface area contributed by atoms with Gasteiger partial charge >= 0.3 is 23.9 Å². The predicted octanol–water partition coefficient (Wildman–Crippen LogP) is 4.76. The molecule has 0 saturated carbocycles. The zero-order chi connectivity index (χ0) is 43.4. The minimum atomic E-state index is -1.61. The summed E-state index contributed by atoms with van der Waals surface area (Å²) in [6.07, 6.45) is -5.36. The summed E-state index contributed by atoms with van der Waals surface area (Å²) >= 11 is 5.91. The molecule has 1 N–H and O–H groups in total. The molecule has 0 aromatic carbocycles. The van der Waals surface area contributed by atoms with E-state index in [4.69, 9.17) is 68.4 Å². The van der Waals surface area contributed by atoms with Gasteiger partial charge in [-0.15, -0.1) is 11.6 Å². The van der Waals surface area contributed by atoms with Gasteiger partial charge in [-0.25, -0.2) is 0 Å². The number of hydrogen-bond acceptors (Lipinski definition) is 17. The van der Waals surface area contributed by atoms with Crippen LogP contribution < -0.4 is 0 Å². The average Bonchev–Trinajstić information content (AvgIpc) is 3.49. The summed E-state index contributed by atoms with van der Waals surface area (Å²) in [7, 11) is 0. The van der Waals surface area contributed by atoms with Crippen LogP contribution >= 0.6 is 11.6 Å². The number of fused-ring (bicyclic) bond motifs is 1. The Morgan fingerprint density at radius 3 is 1.61 bits per heavy atom. The van der Waals surface area contributed by atoms with Crippen LogP contribution in [0.4, 0.5) is 0 Å². The predicted molar refractivity (Wildman–Crippen MR) is 208 cm³/mol. The first-order chi connectivity index (χ1) is 28.0. The van der Waals surface area contributed by atoms with E-state index in [-0.39, 0.29) is 0 Å². The van der Waals surface area contributed by atoms with Gasteiger partial charge in [-0.1, -0.05) is 64.7 Å². The first kappa shape index (κ1) is 49.5. The average molecular weight is 867 g/mol. The van der Waals surface area contributed by atoms with Crippen molar-refractivity contribution >= 4 is 35.5 Å². The largest absolute Gasteiger partial charge is 0.457 e. The quantitative estimate of drug-likeness (QED) is 0.0717. The van der Waals surface area contributed by atoms with E-state index < -0.39 is 128 Å². The Morgan fingerprint density at radius 1 is 0.576 bits per heavy atom. The van der Waals surface area contributed by atoms with Crippen molar-refractivity contribution in [2.75, 3.05) is 12.5 Å². The Balaban J connectivity index is 1.53. The number of aliphatic hydroxyl groups excluding tert-OH is 1. The molecule has 0 radical (unpaired) electrons. The number of alkyl halides is 1. The number of unbranched alkanes of at least 4 members (excludes halogenated alkanes) is 9. The van der Waals surface area contributed by atoms with Crippen molar-refractivity contribution in [2.45, 2.75) is 224 Å². The molecule has 4 aliphatic heterocycles. The Labute approximate surface area is 352 Å². The molecule has 0 bridgehead atoms. The third-order valence-corrected chi connectivity index (χ3v) is 10.9. The monoisotopic (exact) mass is 866 g/mol. The van der Waals surface area contributed by atoms with Crippen molar-refractivity contribution in [3.05, 3.63) is 0 Å². The second kappa shape index (κ2) is 23.3. The lowest BCUT2D eigenvalue weighted by Gasteiger charge is -2.49. The standard InChI is InChI=1S/C41H67ClO17/c1-10-11-12-13-14-15-16-17-18-19-20-48-38-37-35(58-41(8,9)59-37)32(24(4)49-38)56-40-36(55-28(46)21-42)34(31(23(3)51-40)53-26(6)44)57-39-33(54-27(7)45)29(47)30(22(2)50-39)52-25(5)43/h22-24,29-40,47H,10-21H2,1-9H3/t22-,23-,24-,29+,30-,31-,32-,33+,34+,35+,36+,37+,38+,39-,40-/m0/s1. The SMILES string of the molecule is CCCCCCCCCCCCO[C@@H]1O[C@@H](C)[C@H](O[C@@H]2O[C@@H](C)[C@H](OC(C)=O)[C@@H](O[C@@H]3O[C@@H](C)[C@H](OC(C)=O)[C@@H](O)[C@H]3OC(C)=O)[C@H]2OC(=O)CCl)[C@H]2OC(C)(C)O[C@@H]12. The molecule has 4 rings (SSSR count). The highest BCUT2D eigenvalue weighted by Crippen LogP contribution is 2.41. The van der Waals surface area contributed by atoms with Gasteiger partial charge in [-0.2, -0.15) is 0 Å². The number of halogens is 1. The lowest BCUT2D eigenvalue weighted by atomic mass is 9.96. The second-order valence-electron chi connectivity index (χ2n) is 16.2. The minimum absolute atomic E-state index is 0.467. The Bertz CT molecular complexity index is 1350. The van der Waals surface area contributed by atoms with Gasteiger partial charge in [-0.3, -0.25) is 19.2 Å². The molecule has 0 aliphatic carbocycles. The van der Waals surface area contributed by atoms with Crippen LogP contribution in [0.15, 0.2) is 0 Å². The van der Waals surface area contributed by atoms with Crippen LogP contribution in [0.1, 0.15) is 127 Å². The molecule has 0 amide bonds.